The van der Waals surface area contributed by atoms with Gasteiger partial charge in [-0.05, 0) is 12.1 Å². The third-order valence-corrected chi connectivity index (χ3v) is 1.21. The fourth-order valence-electron chi connectivity index (χ4n) is 0.746. The van der Waals surface area contributed by atoms with E-state index in [0.717, 1.165) is 5.69 Å². The molecule has 1 heterocycles. The van der Waals surface area contributed by atoms with Gasteiger partial charge in [0.1, 0.15) is 5.82 Å². The first kappa shape index (κ1) is 7.53. The Bertz CT molecular complexity index is 260. The Kier molecular flexibility index (Phi) is 2.43. The summed E-state index contributed by atoms with van der Waals surface area (Å²) in [5.74, 6) is 0.480. The fourth-order valence-corrected chi connectivity index (χ4v) is 0.746. The normalized spacial score (nSPS) is 10.5. The lowest BCUT2D eigenvalue weighted by atomic mass is 10.3. The van der Waals surface area contributed by atoms with Gasteiger partial charge in [-0.2, -0.15) is 0 Å². The number of nitrogens with zero attached hydrogens (tertiary/aromatic N) is 2. The molecule has 0 spiro atoms. The van der Waals surface area contributed by atoms with E-state index in [9.17, 15) is 0 Å². The zero-order valence-corrected chi connectivity index (χ0v) is 5.94. The highest BCUT2D eigenvalue weighted by molar-refractivity contribution is 5.59. The second kappa shape index (κ2) is 3.55. The second-order valence-electron chi connectivity index (χ2n) is 2.06. The maximum atomic E-state index is 8.11. The summed E-state index contributed by atoms with van der Waals surface area (Å²) in [5, 5.41) is 11.0. The van der Waals surface area contributed by atoms with Crippen LogP contribution in [0.25, 0.3) is 0 Å². The smallest absolute Gasteiger partial charge is 0.123 e. The Balaban J connectivity index is 2.71. The lowest BCUT2D eigenvalue weighted by molar-refractivity contribution is 0.320. The highest BCUT2D eigenvalue weighted by Gasteiger charge is 1.91. The van der Waals surface area contributed by atoms with E-state index in [0.29, 0.717) is 12.2 Å². The van der Waals surface area contributed by atoms with Crippen molar-refractivity contribution in [3.05, 3.63) is 23.9 Å². The summed E-state index contributed by atoms with van der Waals surface area (Å²) in [6, 6.07) is 5.33. The Morgan fingerprint density at radius 2 is 2.45 bits per heavy atom. The number of rotatable bonds is 2. The Hall–Kier alpha value is -1.58. The molecule has 0 fully saturated rings. The molecule has 0 saturated heterocycles. The first-order valence-corrected chi connectivity index (χ1v) is 3.20. The topological polar surface area (TPSA) is 71.5 Å². The molecular weight excluding hydrogens is 142 g/mol. The Morgan fingerprint density at radius 3 is 3.09 bits per heavy atom. The monoisotopic (exact) mass is 151 g/mol. The van der Waals surface area contributed by atoms with E-state index in [-0.39, 0.29) is 0 Å². The van der Waals surface area contributed by atoms with Crippen molar-refractivity contribution in [1.29, 1.82) is 0 Å². The van der Waals surface area contributed by atoms with Gasteiger partial charge in [0.15, 0.2) is 0 Å². The molecule has 0 bridgehead atoms. The minimum atomic E-state index is 0.480. The van der Waals surface area contributed by atoms with Gasteiger partial charge in [0, 0.05) is 18.3 Å². The molecule has 11 heavy (non-hydrogen) atoms. The summed E-state index contributed by atoms with van der Waals surface area (Å²) in [5.41, 5.74) is 6.21. The van der Waals surface area contributed by atoms with Gasteiger partial charge in [-0.25, -0.2) is 4.98 Å². The van der Waals surface area contributed by atoms with E-state index >= 15 is 0 Å². The summed E-state index contributed by atoms with van der Waals surface area (Å²) in [4.78, 5) is 3.99. The van der Waals surface area contributed by atoms with Gasteiger partial charge in [-0.3, -0.25) is 0 Å². The summed E-state index contributed by atoms with van der Waals surface area (Å²) in [7, 11) is 0. The lowest BCUT2D eigenvalue weighted by Crippen LogP contribution is -1.95. The van der Waals surface area contributed by atoms with Crippen LogP contribution < -0.4 is 5.73 Å². The van der Waals surface area contributed by atoms with Gasteiger partial charge in [-0.1, -0.05) is 6.07 Å². The minimum absolute atomic E-state index is 0.480. The van der Waals surface area contributed by atoms with Crippen LogP contribution in [0.5, 0.6) is 0 Å². The average molecular weight is 151 g/mol. The summed E-state index contributed by atoms with van der Waals surface area (Å²) < 4.78 is 0. The van der Waals surface area contributed by atoms with Crippen molar-refractivity contribution in [1.82, 2.24) is 4.98 Å². The molecule has 1 aromatic heterocycles. The highest BCUT2D eigenvalue weighted by Crippen LogP contribution is 1.99. The van der Waals surface area contributed by atoms with E-state index in [1.807, 2.05) is 12.1 Å². The molecule has 0 aliphatic heterocycles. The number of nitrogen functional groups attached to an aromatic ring is 1. The quantitative estimate of drug-likeness (QED) is 0.370. The summed E-state index contributed by atoms with van der Waals surface area (Å²) in [6.45, 7) is 0. The maximum Gasteiger partial charge on any atom is 0.123 e. The standard InChI is InChI=1S/C7H9N3O/c8-7-3-1-2-6(10-7)4-5-9-11/h1-3,5,11H,4H2,(H2,8,10). The molecule has 0 aliphatic carbocycles. The molecular formula is C7H9N3O. The molecule has 4 nitrogen and oxygen atoms in total. The molecule has 0 radical (unpaired) electrons. The van der Waals surface area contributed by atoms with Gasteiger partial charge in [0.2, 0.25) is 0 Å². The van der Waals surface area contributed by atoms with Crippen LogP contribution in [0, 0.1) is 0 Å². The van der Waals surface area contributed by atoms with Gasteiger partial charge in [0.25, 0.3) is 0 Å². The molecule has 0 amide bonds. The van der Waals surface area contributed by atoms with E-state index in [1.54, 1.807) is 6.07 Å². The van der Waals surface area contributed by atoms with Gasteiger partial charge in [-0.15, -0.1) is 5.16 Å². The first-order valence-electron chi connectivity index (χ1n) is 3.20. The zero-order chi connectivity index (χ0) is 8.10. The van der Waals surface area contributed by atoms with Crippen molar-refractivity contribution in [3.63, 3.8) is 0 Å². The fraction of sp³-hybridized carbons (Fsp3) is 0.143. The van der Waals surface area contributed by atoms with Crippen LogP contribution >= 0.6 is 0 Å². The van der Waals surface area contributed by atoms with Crippen LogP contribution in [0.2, 0.25) is 0 Å². The Morgan fingerprint density at radius 1 is 1.64 bits per heavy atom. The van der Waals surface area contributed by atoms with Crippen LogP contribution in [0.4, 0.5) is 5.82 Å². The van der Waals surface area contributed by atoms with Crippen molar-refractivity contribution in [2.75, 3.05) is 5.73 Å². The number of oxime groups is 1. The van der Waals surface area contributed by atoms with Crippen molar-refractivity contribution in [2.24, 2.45) is 5.16 Å². The SMILES string of the molecule is Nc1cccc(CC=NO)n1. The number of hydrogen-bond acceptors (Lipinski definition) is 4. The van der Waals surface area contributed by atoms with E-state index in [2.05, 4.69) is 10.1 Å². The molecule has 1 aromatic rings. The summed E-state index contributed by atoms with van der Waals surface area (Å²) in [6.07, 6.45) is 1.86. The predicted octanol–water partition coefficient (Wildman–Crippen LogP) is 0.666. The summed E-state index contributed by atoms with van der Waals surface area (Å²) >= 11 is 0. The van der Waals surface area contributed by atoms with Crippen LogP contribution in [0.3, 0.4) is 0 Å². The number of anilines is 1. The average Bonchev–Trinajstić information content (AvgIpc) is 2.01. The molecule has 4 heteroatoms. The molecule has 0 aromatic carbocycles. The lowest BCUT2D eigenvalue weighted by Gasteiger charge is -1.95. The van der Waals surface area contributed by atoms with Crippen LogP contribution in [-0.4, -0.2) is 16.4 Å². The zero-order valence-electron chi connectivity index (χ0n) is 5.94. The van der Waals surface area contributed by atoms with E-state index in [4.69, 9.17) is 10.9 Å². The van der Waals surface area contributed by atoms with Crippen molar-refractivity contribution >= 4 is 12.0 Å². The van der Waals surface area contributed by atoms with Gasteiger partial charge in [0.05, 0.1) is 0 Å². The molecule has 1 rings (SSSR count). The Labute approximate surface area is 64.4 Å². The van der Waals surface area contributed by atoms with Crippen LogP contribution in [0.15, 0.2) is 23.4 Å². The largest absolute Gasteiger partial charge is 0.411 e. The number of aromatic nitrogens is 1. The third-order valence-electron chi connectivity index (χ3n) is 1.21. The van der Waals surface area contributed by atoms with Crippen molar-refractivity contribution in [2.45, 2.75) is 6.42 Å². The van der Waals surface area contributed by atoms with Gasteiger partial charge >= 0.3 is 0 Å². The van der Waals surface area contributed by atoms with Crippen molar-refractivity contribution in [3.8, 4) is 0 Å². The number of nitrogens with two attached hydrogens (primary N) is 1. The van der Waals surface area contributed by atoms with Crippen LogP contribution in [0.1, 0.15) is 5.69 Å². The van der Waals surface area contributed by atoms with Crippen molar-refractivity contribution < 1.29 is 5.21 Å². The van der Waals surface area contributed by atoms with E-state index < -0.39 is 0 Å². The molecule has 0 atom stereocenters. The first-order chi connectivity index (χ1) is 5.33. The predicted molar refractivity (Wildman–Crippen MR) is 42.6 cm³/mol. The second-order valence-corrected chi connectivity index (χ2v) is 2.06. The molecule has 3 N–H and O–H groups in total. The molecule has 0 aliphatic rings. The molecule has 0 unspecified atom stereocenters. The number of pyridine rings is 1. The third kappa shape index (κ3) is 2.25. The molecule has 0 saturated carbocycles. The maximum absolute atomic E-state index is 8.11. The number of hydrogen-bond donors (Lipinski definition) is 2. The van der Waals surface area contributed by atoms with Crippen LogP contribution in [-0.2, 0) is 6.42 Å². The molecule has 58 valence electrons. The van der Waals surface area contributed by atoms with Gasteiger partial charge < -0.3 is 10.9 Å². The minimum Gasteiger partial charge on any atom is -0.411 e. The highest BCUT2D eigenvalue weighted by atomic mass is 16.4. The van der Waals surface area contributed by atoms with E-state index in [1.165, 1.54) is 6.21 Å².